The van der Waals surface area contributed by atoms with Gasteiger partial charge in [0.25, 0.3) is 0 Å². The van der Waals surface area contributed by atoms with Gasteiger partial charge in [0.1, 0.15) is 11.3 Å². The van der Waals surface area contributed by atoms with E-state index in [0.717, 1.165) is 22.6 Å². The van der Waals surface area contributed by atoms with Gasteiger partial charge in [0.2, 0.25) is 5.78 Å². The largest absolute Gasteiger partial charge is 0.497 e. The van der Waals surface area contributed by atoms with Crippen LogP contribution in [0.3, 0.4) is 0 Å². The Bertz CT molecular complexity index is 822. The topological polar surface area (TPSA) is 64.6 Å². The van der Waals surface area contributed by atoms with E-state index in [1.54, 1.807) is 50.4 Å². The van der Waals surface area contributed by atoms with Gasteiger partial charge in [-0.3, -0.25) is 4.79 Å². The molecule has 0 aliphatic carbocycles. The van der Waals surface area contributed by atoms with Gasteiger partial charge in [-0.2, -0.15) is 0 Å². The van der Waals surface area contributed by atoms with E-state index in [0.29, 0.717) is 5.56 Å². The molecule has 2 rings (SSSR count). The van der Waals surface area contributed by atoms with Crippen molar-refractivity contribution in [1.29, 1.82) is 0 Å². The third-order valence-corrected chi connectivity index (χ3v) is 3.98. The second-order valence-corrected chi connectivity index (χ2v) is 5.78. The predicted molar refractivity (Wildman–Crippen MR) is 102 cm³/mol. The first-order valence-electron chi connectivity index (χ1n) is 8.36. The number of carbonyl (C=O) groups is 2. The zero-order valence-electron chi connectivity index (χ0n) is 15.5. The lowest BCUT2D eigenvalue weighted by atomic mass is 9.99. The summed E-state index contributed by atoms with van der Waals surface area (Å²) >= 11 is 0. The number of nitrogens with one attached hydrogen (secondary N) is 1. The molecule has 0 aliphatic heterocycles. The number of methoxy groups -OCH3 is 1. The van der Waals surface area contributed by atoms with Crippen molar-refractivity contribution in [2.24, 2.45) is 0 Å². The van der Waals surface area contributed by atoms with E-state index in [-0.39, 0.29) is 18.0 Å². The number of benzene rings is 2. The Balaban J connectivity index is 2.30. The molecule has 0 atom stereocenters. The van der Waals surface area contributed by atoms with Crippen LogP contribution < -0.4 is 10.1 Å². The number of Topliss-reactive ketones (excluding diaryl/α,β-unsaturated/α-hetero) is 1. The molecule has 0 unspecified atom stereocenters. The van der Waals surface area contributed by atoms with Crippen molar-refractivity contribution >= 4 is 17.4 Å². The minimum Gasteiger partial charge on any atom is -0.497 e. The molecule has 2 aromatic carbocycles. The van der Waals surface area contributed by atoms with E-state index >= 15 is 0 Å². The number of anilines is 1. The number of ether oxygens (including phenoxy) is 2. The van der Waals surface area contributed by atoms with Crippen LogP contribution in [0.2, 0.25) is 0 Å². The van der Waals surface area contributed by atoms with Crippen molar-refractivity contribution in [2.45, 2.75) is 20.8 Å². The maximum absolute atomic E-state index is 12.8. The molecule has 136 valence electrons. The molecule has 0 bridgehead atoms. The smallest absolute Gasteiger partial charge is 0.343 e. The Labute approximate surface area is 153 Å². The normalized spacial score (nSPS) is 11.0. The summed E-state index contributed by atoms with van der Waals surface area (Å²) in [5, 5.41) is 2.97. The number of carbonyl (C=O) groups excluding carboxylic acids is 2. The number of ketones is 1. The summed E-state index contributed by atoms with van der Waals surface area (Å²) in [6, 6.07) is 12.5. The van der Waals surface area contributed by atoms with E-state index in [1.165, 1.54) is 6.20 Å². The third-order valence-electron chi connectivity index (χ3n) is 3.98. The zero-order valence-corrected chi connectivity index (χ0v) is 15.5. The van der Waals surface area contributed by atoms with Crippen molar-refractivity contribution in [3.8, 4) is 5.75 Å². The highest BCUT2D eigenvalue weighted by atomic mass is 16.5. The fourth-order valence-corrected chi connectivity index (χ4v) is 2.31. The molecule has 0 saturated heterocycles. The minimum atomic E-state index is -0.656. The van der Waals surface area contributed by atoms with Crippen LogP contribution in [0.15, 0.2) is 54.2 Å². The number of hydrogen-bond donors (Lipinski definition) is 1. The maximum Gasteiger partial charge on any atom is 0.343 e. The molecule has 26 heavy (non-hydrogen) atoms. The first kappa shape index (κ1) is 19.2. The van der Waals surface area contributed by atoms with Gasteiger partial charge in [-0.25, -0.2) is 4.79 Å². The van der Waals surface area contributed by atoms with Gasteiger partial charge in [0.15, 0.2) is 0 Å². The van der Waals surface area contributed by atoms with Gasteiger partial charge in [-0.15, -0.1) is 0 Å². The fraction of sp³-hybridized carbons (Fsp3) is 0.238. The number of rotatable bonds is 7. The van der Waals surface area contributed by atoms with Gasteiger partial charge in [-0.05, 0) is 62.2 Å². The molecule has 0 aliphatic rings. The molecule has 0 aromatic heterocycles. The lowest BCUT2D eigenvalue weighted by Crippen LogP contribution is -2.17. The van der Waals surface area contributed by atoms with Crippen LogP contribution in [0.1, 0.15) is 28.4 Å². The fourth-order valence-electron chi connectivity index (χ4n) is 2.31. The molecule has 0 amide bonds. The van der Waals surface area contributed by atoms with E-state index < -0.39 is 5.97 Å². The monoisotopic (exact) mass is 353 g/mol. The second-order valence-electron chi connectivity index (χ2n) is 5.78. The van der Waals surface area contributed by atoms with Crippen LogP contribution in [-0.2, 0) is 9.53 Å². The van der Waals surface area contributed by atoms with Gasteiger partial charge >= 0.3 is 5.97 Å². The molecule has 5 nitrogen and oxygen atoms in total. The predicted octanol–water partition coefficient (Wildman–Crippen LogP) is 4.05. The average molecular weight is 353 g/mol. The lowest BCUT2D eigenvalue weighted by Gasteiger charge is -2.09. The van der Waals surface area contributed by atoms with Crippen molar-refractivity contribution < 1.29 is 19.1 Å². The lowest BCUT2D eigenvalue weighted by molar-refractivity contribution is -0.138. The standard InChI is InChI=1S/C21H23NO4/c1-5-26-21(24)19(13-22-17-8-10-18(25-4)11-9-17)20(23)16-7-6-14(2)15(3)12-16/h6-13,22H,5H2,1-4H3. The van der Waals surface area contributed by atoms with Crippen LogP contribution in [0.4, 0.5) is 5.69 Å². The molecular weight excluding hydrogens is 330 g/mol. The number of hydrogen-bond acceptors (Lipinski definition) is 5. The van der Waals surface area contributed by atoms with Crippen LogP contribution in [0, 0.1) is 13.8 Å². The summed E-state index contributed by atoms with van der Waals surface area (Å²) in [6.45, 7) is 5.79. The van der Waals surface area contributed by atoms with Crippen molar-refractivity contribution in [3.05, 3.63) is 70.9 Å². The highest BCUT2D eigenvalue weighted by Crippen LogP contribution is 2.18. The first-order chi connectivity index (χ1) is 12.5. The van der Waals surface area contributed by atoms with Crippen LogP contribution in [-0.4, -0.2) is 25.5 Å². The average Bonchev–Trinajstić information content (AvgIpc) is 2.64. The molecule has 0 radical (unpaired) electrons. The van der Waals surface area contributed by atoms with Gasteiger partial charge in [0.05, 0.1) is 13.7 Å². The SMILES string of the molecule is CCOC(=O)C(=CNc1ccc(OC)cc1)C(=O)c1ccc(C)c(C)c1. The van der Waals surface area contributed by atoms with E-state index in [2.05, 4.69) is 5.32 Å². The summed E-state index contributed by atoms with van der Waals surface area (Å²) in [6.07, 6.45) is 1.39. The minimum absolute atomic E-state index is 0.0501. The Kier molecular flexibility index (Phi) is 6.55. The molecule has 5 heteroatoms. The summed E-state index contributed by atoms with van der Waals surface area (Å²) < 4.78 is 10.1. The third kappa shape index (κ3) is 4.72. The highest BCUT2D eigenvalue weighted by Gasteiger charge is 2.21. The molecule has 1 N–H and O–H groups in total. The van der Waals surface area contributed by atoms with Crippen molar-refractivity contribution in [2.75, 3.05) is 19.0 Å². The van der Waals surface area contributed by atoms with Gasteiger partial charge in [0, 0.05) is 17.5 Å². The first-order valence-corrected chi connectivity index (χ1v) is 8.36. The highest BCUT2D eigenvalue weighted by molar-refractivity contribution is 6.24. The summed E-state index contributed by atoms with van der Waals surface area (Å²) in [4.78, 5) is 25.1. The van der Waals surface area contributed by atoms with Gasteiger partial charge in [-0.1, -0.05) is 12.1 Å². The van der Waals surface area contributed by atoms with Crippen LogP contribution in [0.25, 0.3) is 0 Å². The van der Waals surface area contributed by atoms with Gasteiger partial charge < -0.3 is 14.8 Å². The van der Waals surface area contributed by atoms with Crippen LogP contribution in [0.5, 0.6) is 5.75 Å². The van der Waals surface area contributed by atoms with Crippen LogP contribution >= 0.6 is 0 Å². The number of aryl methyl sites for hydroxylation is 2. The van der Waals surface area contributed by atoms with Crippen molar-refractivity contribution in [1.82, 2.24) is 0 Å². The maximum atomic E-state index is 12.8. The molecule has 0 heterocycles. The van der Waals surface area contributed by atoms with E-state index in [9.17, 15) is 9.59 Å². The Morgan fingerprint density at radius 2 is 1.73 bits per heavy atom. The van der Waals surface area contributed by atoms with E-state index in [1.807, 2.05) is 19.9 Å². The summed E-state index contributed by atoms with van der Waals surface area (Å²) in [5.74, 6) is -0.319. The van der Waals surface area contributed by atoms with Crippen molar-refractivity contribution in [3.63, 3.8) is 0 Å². The number of esters is 1. The molecule has 0 saturated carbocycles. The summed E-state index contributed by atoms with van der Waals surface area (Å²) in [5.41, 5.74) is 3.19. The quantitative estimate of drug-likeness (QED) is 0.267. The second kappa shape index (κ2) is 8.85. The zero-order chi connectivity index (χ0) is 19.1. The molecule has 0 fully saturated rings. The Morgan fingerprint density at radius 3 is 2.31 bits per heavy atom. The summed E-state index contributed by atoms with van der Waals surface area (Å²) in [7, 11) is 1.59. The Morgan fingerprint density at radius 1 is 1.04 bits per heavy atom. The molecular formula is C21H23NO4. The molecule has 0 spiro atoms. The Hall–Kier alpha value is -3.08. The molecule has 2 aromatic rings. The van der Waals surface area contributed by atoms with E-state index in [4.69, 9.17) is 9.47 Å².